The van der Waals surface area contributed by atoms with Crippen molar-refractivity contribution in [3.8, 4) is 0 Å². The van der Waals surface area contributed by atoms with Gasteiger partial charge in [-0.05, 0) is 6.92 Å². The SMILES string of the molecule is CC1ONC(=O)NC1=O. The summed E-state index contributed by atoms with van der Waals surface area (Å²) in [6, 6.07) is -0.613. The van der Waals surface area contributed by atoms with E-state index in [1.54, 1.807) is 0 Å². The van der Waals surface area contributed by atoms with Crippen molar-refractivity contribution in [1.29, 1.82) is 0 Å². The van der Waals surface area contributed by atoms with Crippen molar-refractivity contribution in [2.75, 3.05) is 0 Å². The topological polar surface area (TPSA) is 67.4 Å². The highest BCUT2D eigenvalue weighted by molar-refractivity contribution is 5.97. The third kappa shape index (κ3) is 1.17. The number of nitrogens with one attached hydrogen (secondary N) is 2. The van der Waals surface area contributed by atoms with Crippen LogP contribution < -0.4 is 10.8 Å². The minimum Gasteiger partial charge on any atom is -0.274 e. The summed E-state index contributed by atoms with van der Waals surface area (Å²) in [5, 5.41) is 2.02. The number of amides is 3. The zero-order valence-corrected chi connectivity index (χ0v) is 4.80. The molecule has 1 fully saturated rings. The van der Waals surface area contributed by atoms with Gasteiger partial charge in [-0.2, -0.15) is 0 Å². The molecule has 5 heteroatoms. The maximum Gasteiger partial charge on any atom is 0.345 e. The minimum atomic E-state index is -0.613. The van der Waals surface area contributed by atoms with E-state index in [0.717, 1.165) is 0 Å². The Bertz CT molecular complexity index is 156. The van der Waals surface area contributed by atoms with Crippen LogP contribution in [-0.4, -0.2) is 18.0 Å². The summed E-state index contributed by atoms with van der Waals surface area (Å²) >= 11 is 0. The Labute approximate surface area is 51.3 Å². The van der Waals surface area contributed by atoms with Gasteiger partial charge in [0.1, 0.15) is 0 Å². The van der Waals surface area contributed by atoms with Crippen LogP contribution in [0.5, 0.6) is 0 Å². The van der Waals surface area contributed by atoms with Crippen LogP contribution in [-0.2, 0) is 9.63 Å². The summed E-state index contributed by atoms with van der Waals surface area (Å²) in [5.41, 5.74) is 1.99. The zero-order valence-electron chi connectivity index (χ0n) is 4.80. The molecular weight excluding hydrogens is 124 g/mol. The molecule has 1 aliphatic rings. The predicted molar refractivity (Wildman–Crippen MR) is 27.2 cm³/mol. The van der Waals surface area contributed by atoms with Crippen molar-refractivity contribution in [3.05, 3.63) is 0 Å². The van der Waals surface area contributed by atoms with Gasteiger partial charge in [0, 0.05) is 0 Å². The van der Waals surface area contributed by atoms with E-state index in [0.29, 0.717) is 0 Å². The first kappa shape index (κ1) is 6.03. The average molecular weight is 130 g/mol. The Hall–Kier alpha value is -1.10. The molecular formula is C4H6N2O3. The van der Waals surface area contributed by atoms with Gasteiger partial charge in [0.25, 0.3) is 5.91 Å². The van der Waals surface area contributed by atoms with E-state index in [2.05, 4.69) is 4.84 Å². The second kappa shape index (κ2) is 2.02. The first-order chi connectivity index (χ1) is 4.20. The quantitative estimate of drug-likeness (QED) is 0.448. The molecule has 1 rings (SSSR count). The molecule has 1 unspecified atom stereocenters. The number of imide groups is 1. The Morgan fingerprint density at radius 3 is 2.67 bits per heavy atom. The van der Waals surface area contributed by atoms with Gasteiger partial charge in [0.2, 0.25) is 0 Å². The van der Waals surface area contributed by atoms with Crippen LogP contribution in [0.15, 0.2) is 0 Å². The summed E-state index contributed by atoms with van der Waals surface area (Å²) in [4.78, 5) is 25.2. The van der Waals surface area contributed by atoms with Crippen molar-refractivity contribution in [1.82, 2.24) is 10.8 Å². The molecule has 1 atom stereocenters. The van der Waals surface area contributed by atoms with E-state index in [9.17, 15) is 9.59 Å². The molecule has 1 heterocycles. The Morgan fingerprint density at radius 1 is 1.56 bits per heavy atom. The van der Waals surface area contributed by atoms with Crippen molar-refractivity contribution in [2.45, 2.75) is 13.0 Å². The standard InChI is InChI=1S/C4H6N2O3/c1-2-3(7)5-4(8)6-9-2/h2H,1H3,(H2,5,6,7,8). The molecule has 9 heavy (non-hydrogen) atoms. The van der Waals surface area contributed by atoms with Crippen LogP contribution >= 0.6 is 0 Å². The molecule has 0 aromatic heterocycles. The van der Waals surface area contributed by atoms with E-state index in [-0.39, 0.29) is 0 Å². The maximum atomic E-state index is 10.5. The smallest absolute Gasteiger partial charge is 0.274 e. The number of hydrogen-bond donors (Lipinski definition) is 2. The van der Waals surface area contributed by atoms with E-state index < -0.39 is 18.0 Å². The van der Waals surface area contributed by atoms with Gasteiger partial charge in [0.15, 0.2) is 6.10 Å². The fourth-order valence-corrected chi connectivity index (χ4v) is 0.434. The Kier molecular flexibility index (Phi) is 1.35. The van der Waals surface area contributed by atoms with E-state index in [4.69, 9.17) is 0 Å². The Morgan fingerprint density at radius 2 is 2.22 bits per heavy atom. The summed E-state index contributed by atoms with van der Waals surface area (Å²) in [5.74, 6) is -0.418. The highest BCUT2D eigenvalue weighted by Crippen LogP contribution is 1.91. The van der Waals surface area contributed by atoms with Gasteiger partial charge in [0.05, 0.1) is 0 Å². The number of urea groups is 1. The molecule has 50 valence electrons. The van der Waals surface area contributed by atoms with Crippen LogP contribution in [0, 0.1) is 0 Å². The lowest BCUT2D eigenvalue weighted by molar-refractivity contribution is -0.138. The van der Waals surface area contributed by atoms with E-state index in [1.165, 1.54) is 6.92 Å². The molecule has 0 aromatic carbocycles. The summed E-state index contributed by atoms with van der Waals surface area (Å²) in [7, 11) is 0. The van der Waals surface area contributed by atoms with Gasteiger partial charge in [-0.1, -0.05) is 0 Å². The summed E-state index contributed by atoms with van der Waals surface area (Å²) in [6.45, 7) is 1.54. The molecule has 0 aliphatic carbocycles. The molecule has 2 N–H and O–H groups in total. The summed E-state index contributed by atoms with van der Waals surface area (Å²) in [6.07, 6.45) is -0.595. The average Bonchev–Trinajstić information content (AvgIpc) is 1.80. The monoisotopic (exact) mass is 130 g/mol. The second-order valence-electron chi connectivity index (χ2n) is 1.68. The summed E-state index contributed by atoms with van der Waals surface area (Å²) < 4.78 is 0. The maximum absolute atomic E-state index is 10.5. The molecule has 1 aliphatic heterocycles. The van der Waals surface area contributed by atoms with Crippen LogP contribution in [0.2, 0.25) is 0 Å². The highest BCUT2D eigenvalue weighted by Gasteiger charge is 2.22. The lowest BCUT2D eigenvalue weighted by atomic mass is 10.4. The third-order valence-electron chi connectivity index (χ3n) is 0.934. The first-order valence-electron chi connectivity index (χ1n) is 2.46. The van der Waals surface area contributed by atoms with E-state index in [1.807, 2.05) is 10.8 Å². The van der Waals surface area contributed by atoms with Crippen molar-refractivity contribution >= 4 is 11.9 Å². The van der Waals surface area contributed by atoms with Gasteiger partial charge in [-0.15, -0.1) is 0 Å². The number of hydrogen-bond acceptors (Lipinski definition) is 3. The van der Waals surface area contributed by atoms with Crippen molar-refractivity contribution in [2.24, 2.45) is 0 Å². The number of hydroxylamine groups is 1. The highest BCUT2D eigenvalue weighted by atomic mass is 16.7. The van der Waals surface area contributed by atoms with Crippen LogP contribution in [0.4, 0.5) is 4.79 Å². The third-order valence-corrected chi connectivity index (χ3v) is 0.934. The molecule has 3 amide bonds. The largest absolute Gasteiger partial charge is 0.345 e. The van der Waals surface area contributed by atoms with E-state index >= 15 is 0 Å². The molecule has 0 saturated carbocycles. The molecule has 0 spiro atoms. The predicted octanol–water partition coefficient (Wildman–Crippen LogP) is -0.854. The molecule has 0 bridgehead atoms. The number of rotatable bonds is 0. The second-order valence-corrected chi connectivity index (χ2v) is 1.68. The minimum absolute atomic E-state index is 0.418. The van der Waals surface area contributed by atoms with Crippen LogP contribution in [0.25, 0.3) is 0 Å². The molecule has 5 nitrogen and oxygen atoms in total. The molecule has 0 radical (unpaired) electrons. The fraction of sp³-hybridized carbons (Fsp3) is 0.500. The van der Waals surface area contributed by atoms with Crippen molar-refractivity contribution < 1.29 is 14.4 Å². The molecule has 1 saturated heterocycles. The molecule has 0 aromatic rings. The lowest BCUT2D eigenvalue weighted by Crippen LogP contribution is -2.52. The van der Waals surface area contributed by atoms with Gasteiger partial charge >= 0.3 is 6.03 Å². The number of carbonyl (C=O) groups is 2. The van der Waals surface area contributed by atoms with Gasteiger partial charge < -0.3 is 0 Å². The van der Waals surface area contributed by atoms with Gasteiger partial charge in [-0.25, -0.2) is 10.3 Å². The fourth-order valence-electron chi connectivity index (χ4n) is 0.434. The first-order valence-corrected chi connectivity index (χ1v) is 2.46. The van der Waals surface area contributed by atoms with Gasteiger partial charge in [-0.3, -0.25) is 14.9 Å². The Balaban J connectivity index is 2.54. The lowest BCUT2D eigenvalue weighted by Gasteiger charge is -2.17. The number of carbonyl (C=O) groups excluding carboxylic acids is 2. The van der Waals surface area contributed by atoms with Crippen LogP contribution in [0.3, 0.4) is 0 Å². The van der Waals surface area contributed by atoms with Crippen LogP contribution in [0.1, 0.15) is 6.92 Å². The normalized spacial score (nSPS) is 27.0. The van der Waals surface area contributed by atoms with Crippen molar-refractivity contribution in [3.63, 3.8) is 0 Å². The zero-order chi connectivity index (χ0) is 6.85.